The Morgan fingerprint density at radius 2 is 2.42 bits per heavy atom. The summed E-state index contributed by atoms with van der Waals surface area (Å²) in [5.74, 6) is 1.06. The molecule has 0 amide bonds. The van der Waals surface area contributed by atoms with Crippen LogP contribution in [-0.4, -0.2) is 55.5 Å². The lowest BCUT2D eigenvalue weighted by atomic mass is 10.2. The van der Waals surface area contributed by atoms with Gasteiger partial charge in [0.25, 0.3) is 0 Å². The van der Waals surface area contributed by atoms with E-state index in [9.17, 15) is 0 Å². The van der Waals surface area contributed by atoms with Gasteiger partial charge in [0.1, 0.15) is 6.10 Å². The summed E-state index contributed by atoms with van der Waals surface area (Å²) in [6, 6.07) is -0.238. The van der Waals surface area contributed by atoms with E-state index in [-0.39, 0.29) is 12.1 Å². The van der Waals surface area contributed by atoms with Crippen molar-refractivity contribution in [3.63, 3.8) is 0 Å². The number of hydrogen-bond acceptors (Lipinski definition) is 7. The molecule has 7 heteroatoms. The molecule has 7 nitrogen and oxygen atoms in total. The largest absolute Gasteiger partial charge is 0.385 e. The maximum atomic E-state index is 6.00. The molecule has 0 bridgehead atoms. The van der Waals surface area contributed by atoms with Crippen LogP contribution >= 0.6 is 0 Å². The highest BCUT2D eigenvalue weighted by molar-refractivity contribution is 4.96. The second-order valence-electron chi connectivity index (χ2n) is 4.85. The van der Waals surface area contributed by atoms with Gasteiger partial charge in [-0.25, -0.2) is 0 Å². The van der Waals surface area contributed by atoms with E-state index in [0.717, 1.165) is 25.9 Å². The minimum Gasteiger partial charge on any atom is -0.385 e. The Labute approximate surface area is 113 Å². The van der Waals surface area contributed by atoms with Gasteiger partial charge in [-0.2, -0.15) is 4.98 Å². The summed E-state index contributed by atoms with van der Waals surface area (Å²) in [5, 5.41) is 3.97. The Hall–Kier alpha value is -1.02. The van der Waals surface area contributed by atoms with Gasteiger partial charge in [-0.15, -0.1) is 0 Å². The molecule has 2 unspecified atom stereocenters. The number of rotatable bonds is 6. The Bertz CT molecular complexity index is 385. The molecule has 1 aromatic heterocycles. The Morgan fingerprint density at radius 3 is 3.16 bits per heavy atom. The summed E-state index contributed by atoms with van der Waals surface area (Å²) in [4.78, 5) is 6.54. The van der Waals surface area contributed by atoms with Crippen LogP contribution in [0.4, 0.5) is 0 Å². The average Bonchev–Trinajstić information content (AvgIpc) is 2.88. The predicted octanol–water partition coefficient (Wildman–Crippen LogP) is 0.499. The lowest BCUT2D eigenvalue weighted by molar-refractivity contribution is -0.0264. The third-order valence-corrected chi connectivity index (χ3v) is 3.20. The molecule has 0 saturated carbocycles. The zero-order valence-corrected chi connectivity index (χ0v) is 11.5. The van der Waals surface area contributed by atoms with Crippen molar-refractivity contribution in [2.45, 2.75) is 25.0 Å². The van der Waals surface area contributed by atoms with Crippen molar-refractivity contribution >= 4 is 0 Å². The van der Waals surface area contributed by atoms with Gasteiger partial charge in [-0.3, -0.25) is 0 Å². The van der Waals surface area contributed by atoms with E-state index in [0.29, 0.717) is 24.9 Å². The number of nitrogens with zero attached hydrogens (tertiary/aromatic N) is 3. The van der Waals surface area contributed by atoms with Crippen LogP contribution in [0.2, 0.25) is 0 Å². The van der Waals surface area contributed by atoms with Gasteiger partial charge in [0, 0.05) is 26.8 Å². The van der Waals surface area contributed by atoms with E-state index in [2.05, 4.69) is 15.0 Å². The van der Waals surface area contributed by atoms with Crippen LogP contribution in [0.1, 0.15) is 36.7 Å². The van der Waals surface area contributed by atoms with E-state index in [1.54, 1.807) is 7.11 Å². The molecule has 1 aliphatic rings. The standard InChI is InChI=1S/C12H22N4O3/c1-16-5-7-18-10(8-16)11-14-12(19-15-11)9(13)4-3-6-17-2/h9-10H,3-8,13H2,1-2H3. The normalized spacial score (nSPS) is 22.6. The Kier molecular flexibility index (Phi) is 5.26. The average molecular weight is 270 g/mol. The highest BCUT2D eigenvalue weighted by Gasteiger charge is 2.25. The molecule has 1 aliphatic heterocycles. The second kappa shape index (κ2) is 6.95. The van der Waals surface area contributed by atoms with E-state index in [4.69, 9.17) is 19.7 Å². The fourth-order valence-electron chi connectivity index (χ4n) is 2.03. The molecule has 2 rings (SSSR count). The Balaban J connectivity index is 1.90. The molecule has 19 heavy (non-hydrogen) atoms. The number of aromatic nitrogens is 2. The quantitative estimate of drug-likeness (QED) is 0.753. The van der Waals surface area contributed by atoms with Crippen LogP contribution < -0.4 is 5.73 Å². The van der Waals surface area contributed by atoms with Gasteiger partial charge in [0.2, 0.25) is 11.7 Å². The fourth-order valence-corrected chi connectivity index (χ4v) is 2.03. The van der Waals surface area contributed by atoms with Crippen molar-refractivity contribution in [1.82, 2.24) is 15.0 Å². The van der Waals surface area contributed by atoms with Crippen LogP contribution in [0, 0.1) is 0 Å². The van der Waals surface area contributed by atoms with Crippen molar-refractivity contribution in [3.8, 4) is 0 Å². The molecule has 0 spiro atoms. The van der Waals surface area contributed by atoms with Crippen LogP contribution in [0.5, 0.6) is 0 Å². The molecule has 2 heterocycles. The first-order valence-electron chi connectivity index (χ1n) is 6.59. The maximum Gasteiger partial charge on any atom is 0.243 e. The molecule has 108 valence electrons. The second-order valence-corrected chi connectivity index (χ2v) is 4.85. The van der Waals surface area contributed by atoms with Gasteiger partial charge >= 0.3 is 0 Å². The third-order valence-electron chi connectivity index (χ3n) is 3.20. The van der Waals surface area contributed by atoms with Gasteiger partial charge in [-0.1, -0.05) is 5.16 Å². The topological polar surface area (TPSA) is 86.6 Å². The highest BCUT2D eigenvalue weighted by atomic mass is 16.5. The van der Waals surface area contributed by atoms with Crippen LogP contribution in [0.3, 0.4) is 0 Å². The molecule has 0 radical (unpaired) electrons. The molecule has 1 aromatic rings. The molecule has 2 N–H and O–H groups in total. The van der Waals surface area contributed by atoms with Crippen molar-refractivity contribution in [2.24, 2.45) is 5.73 Å². The van der Waals surface area contributed by atoms with E-state index < -0.39 is 0 Å². The molecule has 1 fully saturated rings. The lowest BCUT2D eigenvalue weighted by Crippen LogP contribution is -2.35. The van der Waals surface area contributed by atoms with E-state index in [1.807, 2.05) is 7.05 Å². The first kappa shape index (κ1) is 14.4. The van der Waals surface area contributed by atoms with Crippen molar-refractivity contribution < 1.29 is 14.0 Å². The van der Waals surface area contributed by atoms with Gasteiger partial charge in [-0.05, 0) is 19.9 Å². The monoisotopic (exact) mass is 270 g/mol. The molecule has 2 atom stereocenters. The van der Waals surface area contributed by atoms with Crippen molar-refractivity contribution in [3.05, 3.63) is 11.7 Å². The van der Waals surface area contributed by atoms with Gasteiger partial charge in [0.15, 0.2) is 0 Å². The lowest BCUT2D eigenvalue weighted by Gasteiger charge is -2.27. The Morgan fingerprint density at radius 1 is 1.58 bits per heavy atom. The number of likely N-dealkylation sites (N-methyl/N-ethyl adjacent to an activating group) is 1. The summed E-state index contributed by atoms with van der Waals surface area (Å²) in [5.41, 5.74) is 6.00. The number of hydrogen-bond donors (Lipinski definition) is 1. The number of methoxy groups -OCH3 is 1. The van der Waals surface area contributed by atoms with Crippen LogP contribution in [0.15, 0.2) is 4.52 Å². The predicted molar refractivity (Wildman–Crippen MR) is 68.5 cm³/mol. The van der Waals surface area contributed by atoms with E-state index in [1.165, 1.54) is 0 Å². The smallest absolute Gasteiger partial charge is 0.243 e. The number of ether oxygens (including phenoxy) is 2. The fraction of sp³-hybridized carbons (Fsp3) is 0.833. The summed E-state index contributed by atoms with van der Waals surface area (Å²) < 4.78 is 15.9. The minimum atomic E-state index is -0.238. The van der Waals surface area contributed by atoms with Crippen LogP contribution in [0.25, 0.3) is 0 Å². The first-order chi connectivity index (χ1) is 9.20. The molecule has 0 aromatic carbocycles. The molecular formula is C12H22N4O3. The molecule has 0 aliphatic carbocycles. The highest BCUT2D eigenvalue weighted by Crippen LogP contribution is 2.21. The maximum absolute atomic E-state index is 6.00. The summed E-state index contributed by atoms with van der Waals surface area (Å²) in [6.07, 6.45) is 1.52. The SMILES string of the molecule is COCCCC(N)c1nc(C2CN(C)CCO2)no1. The third kappa shape index (κ3) is 3.97. The van der Waals surface area contributed by atoms with Crippen molar-refractivity contribution in [1.29, 1.82) is 0 Å². The first-order valence-corrected chi connectivity index (χ1v) is 6.59. The molecular weight excluding hydrogens is 248 g/mol. The van der Waals surface area contributed by atoms with E-state index >= 15 is 0 Å². The zero-order valence-electron chi connectivity index (χ0n) is 11.5. The number of morpholine rings is 1. The summed E-state index contributed by atoms with van der Waals surface area (Å²) in [6.45, 7) is 3.08. The van der Waals surface area contributed by atoms with Crippen LogP contribution in [-0.2, 0) is 9.47 Å². The molecule has 1 saturated heterocycles. The summed E-state index contributed by atoms with van der Waals surface area (Å²) in [7, 11) is 3.72. The minimum absolute atomic E-state index is 0.123. The van der Waals surface area contributed by atoms with Gasteiger partial charge < -0.3 is 24.6 Å². The zero-order chi connectivity index (χ0) is 13.7. The summed E-state index contributed by atoms with van der Waals surface area (Å²) >= 11 is 0. The van der Waals surface area contributed by atoms with Crippen molar-refractivity contribution in [2.75, 3.05) is 40.5 Å². The van der Waals surface area contributed by atoms with Gasteiger partial charge in [0.05, 0.1) is 12.6 Å². The number of nitrogens with two attached hydrogens (primary N) is 1.